The van der Waals surface area contributed by atoms with Gasteiger partial charge in [0, 0.05) is 11.4 Å². The third-order valence-electron chi connectivity index (χ3n) is 5.41. The van der Waals surface area contributed by atoms with Crippen LogP contribution in [0, 0.1) is 12.7 Å². The van der Waals surface area contributed by atoms with Crippen LogP contribution in [0.5, 0.6) is 0 Å². The molecule has 1 N–H and O–H groups in total. The van der Waals surface area contributed by atoms with Gasteiger partial charge in [-0.05, 0) is 58.5 Å². The van der Waals surface area contributed by atoms with Crippen molar-refractivity contribution in [2.45, 2.75) is 23.5 Å². The number of carbonyl (C=O) groups excluding carboxylic acids is 1. The highest BCUT2D eigenvalue weighted by Gasteiger charge is 2.31. The third kappa shape index (κ3) is 4.59. The summed E-state index contributed by atoms with van der Waals surface area (Å²) in [6.07, 6.45) is 0.147. The lowest BCUT2D eigenvalue weighted by Gasteiger charge is -2.18. The maximum Gasteiger partial charge on any atom is 0.224 e. The number of rotatable bonds is 7. The Morgan fingerprint density at radius 1 is 1.03 bits per heavy atom. The molecule has 0 spiro atoms. The van der Waals surface area contributed by atoms with Gasteiger partial charge in [-0.3, -0.25) is 4.79 Å². The maximum atomic E-state index is 13.7. The zero-order chi connectivity index (χ0) is 22.7. The Kier molecular flexibility index (Phi) is 6.39. The number of hydrogen-bond acceptors (Lipinski definition) is 4. The quantitative estimate of drug-likeness (QED) is 0.379. The van der Waals surface area contributed by atoms with Crippen molar-refractivity contribution in [2.24, 2.45) is 0 Å². The molecule has 32 heavy (non-hydrogen) atoms. The number of amides is 1. The zero-order valence-electron chi connectivity index (χ0n) is 17.4. The summed E-state index contributed by atoms with van der Waals surface area (Å²) >= 11 is 1.31. The molecule has 0 aliphatic rings. The van der Waals surface area contributed by atoms with Gasteiger partial charge in [-0.1, -0.05) is 48.5 Å². The van der Waals surface area contributed by atoms with Crippen LogP contribution in [-0.2, 0) is 21.1 Å². The van der Waals surface area contributed by atoms with Crippen molar-refractivity contribution < 1.29 is 17.6 Å². The van der Waals surface area contributed by atoms with Gasteiger partial charge in [-0.15, -0.1) is 11.3 Å². The van der Waals surface area contributed by atoms with Gasteiger partial charge < -0.3 is 5.32 Å². The van der Waals surface area contributed by atoms with Gasteiger partial charge in [-0.2, -0.15) is 0 Å². The number of carbonyl (C=O) groups is 1. The van der Waals surface area contributed by atoms with Crippen molar-refractivity contribution in [3.63, 3.8) is 0 Å². The Hall–Kier alpha value is -3.03. The lowest BCUT2D eigenvalue weighted by Crippen LogP contribution is -2.32. The molecule has 3 aromatic carbocycles. The van der Waals surface area contributed by atoms with E-state index in [0.29, 0.717) is 4.88 Å². The first kappa shape index (κ1) is 22.2. The van der Waals surface area contributed by atoms with Gasteiger partial charge >= 0.3 is 0 Å². The van der Waals surface area contributed by atoms with Gasteiger partial charge in [0.1, 0.15) is 11.1 Å². The second kappa shape index (κ2) is 9.22. The molecule has 0 bridgehead atoms. The third-order valence-corrected chi connectivity index (χ3v) is 8.62. The van der Waals surface area contributed by atoms with Crippen LogP contribution < -0.4 is 5.32 Å². The minimum absolute atomic E-state index is 0.0399. The van der Waals surface area contributed by atoms with E-state index in [-0.39, 0.29) is 29.3 Å². The van der Waals surface area contributed by atoms with E-state index >= 15 is 0 Å². The van der Waals surface area contributed by atoms with Crippen LogP contribution >= 0.6 is 11.3 Å². The van der Waals surface area contributed by atoms with Gasteiger partial charge in [-0.25, -0.2) is 12.8 Å². The van der Waals surface area contributed by atoms with Crippen LogP contribution in [0.1, 0.15) is 21.3 Å². The fraction of sp³-hybridized carbons (Fsp3) is 0.160. The van der Waals surface area contributed by atoms with Crippen molar-refractivity contribution >= 4 is 37.9 Å². The average Bonchev–Trinajstić information content (AvgIpc) is 3.30. The van der Waals surface area contributed by atoms with Crippen LogP contribution in [0.15, 0.2) is 83.1 Å². The Morgan fingerprint density at radius 3 is 2.56 bits per heavy atom. The summed E-state index contributed by atoms with van der Waals surface area (Å²) in [5, 5.41) is 5.68. The van der Waals surface area contributed by atoms with E-state index in [9.17, 15) is 17.6 Å². The van der Waals surface area contributed by atoms with Gasteiger partial charge in [0.05, 0.1) is 11.3 Å². The first-order chi connectivity index (χ1) is 15.4. The number of fused-ring (bicyclic) bond motifs is 1. The Bertz CT molecular complexity index is 1360. The Balaban J connectivity index is 1.56. The van der Waals surface area contributed by atoms with Crippen molar-refractivity contribution in [1.82, 2.24) is 5.32 Å². The summed E-state index contributed by atoms with van der Waals surface area (Å²) in [6, 6.07) is 20.9. The largest absolute Gasteiger partial charge is 0.354 e. The van der Waals surface area contributed by atoms with Crippen LogP contribution in [0.25, 0.3) is 10.8 Å². The molecule has 4 nitrogen and oxygen atoms in total. The van der Waals surface area contributed by atoms with Crippen molar-refractivity contribution in [2.75, 3.05) is 6.54 Å². The summed E-state index contributed by atoms with van der Waals surface area (Å²) in [7, 11) is -3.84. The maximum absolute atomic E-state index is 13.7. The molecule has 0 aliphatic carbocycles. The summed E-state index contributed by atoms with van der Waals surface area (Å²) in [4.78, 5) is 13.4. The lowest BCUT2D eigenvalue weighted by atomic mass is 10.0. The number of sulfone groups is 1. The first-order valence-electron chi connectivity index (χ1n) is 10.1. The van der Waals surface area contributed by atoms with Gasteiger partial charge in [0.25, 0.3) is 0 Å². The molecule has 0 aliphatic heterocycles. The fourth-order valence-electron chi connectivity index (χ4n) is 3.68. The van der Waals surface area contributed by atoms with Crippen LogP contribution in [0.3, 0.4) is 0 Å². The van der Waals surface area contributed by atoms with E-state index in [0.717, 1.165) is 22.4 Å². The van der Waals surface area contributed by atoms with E-state index in [1.54, 1.807) is 17.5 Å². The molecule has 1 heterocycles. The number of benzene rings is 3. The normalized spacial score (nSPS) is 12.6. The first-order valence-corrected chi connectivity index (χ1v) is 12.6. The van der Waals surface area contributed by atoms with Gasteiger partial charge in [0.15, 0.2) is 9.84 Å². The summed E-state index contributed by atoms with van der Waals surface area (Å²) in [5.74, 6) is -0.714. The van der Waals surface area contributed by atoms with Crippen molar-refractivity contribution in [3.8, 4) is 0 Å². The van der Waals surface area contributed by atoms with Crippen molar-refractivity contribution in [3.05, 3.63) is 100.0 Å². The monoisotopic (exact) mass is 467 g/mol. The molecule has 4 rings (SSSR count). The minimum atomic E-state index is -3.84. The predicted octanol–water partition coefficient (Wildman–Crippen LogP) is 5.22. The average molecular weight is 468 g/mol. The lowest BCUT2D eigenvalue weighted by molar-refractivity contribution is -0.120. The molecule has 1 atom stereocenters. The number of aryl methyl sites for hydroxylation is 1. The van der Waals surface area contributed by atoms with Crippen LogP contribution in [0.4, 0.5) is 4.39 Å². The molecule has 0 fully saturated rings. The molecule has 0 saturated heterocycles. The van der Waals surface area contributed by atoms with E-state index in [2.05, 4.69) is 5.32 Å². The van der Waals surface area contributed by atoms with E-state index in [4.69, 9.17) is 0 Å². The highest BCUT2D eigenvalue weighted by molar-refractivity contribution is 7.91. The smallest absolute Gasteiger partial charge is 0.224 e. The number of thiophene rings is 1. The minimum Gasteiger partial charge on any atom is -0.354 e. The molecular weight excluding hydrogens is 445 g/mol. The van der Waals surface area contributed by atoms with E-state index in [1.807, 2.05) is 42.5 Å². The van der Waals surface area contributed by atoms with E-state index in [1.165, 1.54) is 30.4 Å². The molecule has 1 aromatic heterocycles. The SMILES string of the molecule is Cc1cc(S(=O)(=O)C(CNC(=O)Cc2cccc3ccccc23)c2cccs2)ccc1F. The fourth-order valence-corrected chi connectivity index (χ4v) is 6.55. The Labute approximate surface area is 190 Å². The molecule has 4 aromatic rings. The Morgan fingerprint density at radius 2 is 1.81 bits per heavy atom. The topological polar surface area (TPSA) is 63.2 Å². The highest BCUT2D eigenvalue weighted by Crippen LogP contribution is 2.32. The summed E-state index contributed by atoms with van der Waals surface area (Å²) in [6.45, 7) is 1.46. The molecular formula is C25H22FNO3S2. The second-order valence-electron chi connectivity index (χ2n) is 7.58. The molecule has 1 unspecified atom stereocenters. The summed E-state index contributed by atoms with van der Waals surface area (Å²) in [5.41, 5.74) is 1.14. The van der Waals surface area contributed by atoms with Gasteiger partial charge in [0.2, 0.25) is 5.91 Å². The van der Waals surface area contributed by atoms with Crippen molar-refractivity contribution in [1.29, 1.82) is 0 Å². The highest BCUT2D eigenvalue weighted by atomic mass is 32.2. The number of hydrogen-bond donors (Lipinski definition) is 1. The number of halogens is 1. The molecule has 164 valence electrons. The zero-order valence-corrected chi connectivity index (χ0v) is 19.0. The second-order valence-corrected chi connectivity index (χ2v) is 10.7. The number of nitrogens with one attached hydrogen (secondary N) is 1. The van der Waals surface area contributed by atoms with E-state index < -0.39 is 20.9 Å². The summed E-state index contributed by atoms with van der Waals surface area (Å²) < 4.78 is 40.4. The van der Waals surface area contributed by atoms with Crippen LogP contribution in [0.2, 0.25) is 0 Å². The molecule has 0 saturated carbocycles. The van der Waals surface area contributed by atoms with Crippen LogP contribution in [-0.4, -0.2) is 20.9 Å². The predicted molar refractivity (Wildman–Crippen MR) is 126 cm³/mol. The molecule has 1 amide bonds. The standard InChI is InChI=1S/C25H22FNO3S2/c1-17-14-20(11-12-22(17)26)32(29,30)24(23-10-5-13-31-23)16-27-25(28)15-19-8-4-7-18-6-2-3-9-21(18)19/h2-14,24H,15-16H2,1H3,(H,27,28). The molecule has 0 radical (unpaired) electrons. The molecule has 7 heteroatoms.